The molecule has 0 spiro atoms. The predicted molar refractivity (Wildman–Crippen MR) is 47.4 cm³/mol. The Morgan fingerprint density at radius 1 is 1.46 bits per heavy atom. The summed E-state index contributed by atoms with van der Waals surface area (Å²) < 4.78 is 0.590. The van der Waals surface area contributed by atoms with Crippen LogP contribution in [0.2, 0.25) is 0 Å². The van der Waals surface area contributed by atoms with Crippen LogP contribution in [-0.2, 0) is 0 Å². The van der Waals surface area contributed by atoms with Crippen molar-refractivity contribution >= 4 is 33.3 Å². The number of hydrogen-bond acceptors (Lipinski definition) is 3. The summed E-state index contributed by atoms with van der Waals surface area (Å²) in [6.07, 6.45) is 0. The maximum absolute atomic E-state index is 10.6. The summed E-state index contributed by atoms with van der Waals surface area (Å²) >= 11 is 3.19. The molecule has 0 unspecified atom stereocenters. The Hall–Kier alpha value is -1.43. The molecule has 0 aromatic heterocycles. The molecule has 1 aromatic rings. The van der Waals surface area contributed by atoms with E-state index in [1.807, 2.05) is 0 Å². The van der Waals surface area contributed by atoms with Gasteiger partial charge in [0.05, 0.1) is 5.56 Å². The quantitative estimate of drug-likeness (QED) is 0.819. The van der Waals surface area contributed by atoms with Crippen LogP contribution < -0.4 is 5.43 Å². The minimum atomic E-state index is -0.995. The van der Waals surface area contributed by atoms with Crippen molar-refractivity contribution < 1.29 is 9.90 Å². The van der Waals surface area contributed by atoms with E-state index in [1.165, 1.54) is 12.1 Å². The monoisotopic (exact) mass is 240 g/mol. The third kappa shape index (κ3) is 1.29. The van der Waals surface area contributed by atoms with Crippen LogP contribution in [0, 0.1) is 0 Å². The number of nitrogens with zero attached hydrogens (tertiary/aromatic N) is 3. The number of carboxylic acids is 1. The van der Waals surface area contributed by atoms with E-state index in [4.69, 9.17) is 5.11 Å². The number of carbonyl (C=O) groups is 1. The molecule has 1 radical (unpaired) electrons. The van der Waals surface area contributed by atoms with Crippen molar-refractivity contribution in [1.29, 1.82) is 0 Å². The molecule has 0 bridgehead atoms. The lowest BCUT2D eigenvalue weighted by Crippen LogP contribution is -1.96. The van der Waals surface area contributed by atoms with Gasteiger partial charge in [0.25, 0.3) is 0 Å². The molecule has 0 saturated heterocycles. The van der Waals surface area contributed by atoms with E-state index in [2.05, 4.69) is 31.7 Å². The molecule has 0 atom stereocenters. The molecule has 1 aliphatic heterocycles. The number of hydrogen-bond donors (Lipinski definition) is 1. The van der Waals surface area contributed by atoms with Gasteiger partial charge >= 0.3 is 5.97 Å². The first kappa shape index (κ1) is 8.18. The average Bonchev–Trinajstić information content (AvgIpc) is 2.51. The van der Waals surface area contributed by atoms with E-state index >= 15 is 0 Å². The Labute approximate surface area is 81.6 Å². The minimum Gasteiger partial charge on any atom is -0.478 e. The first-order valence-electron chi connectivity index (χ1n) is 3.37. The van der Waals surface area contributed by atoms with Crippen molar-refractivity contribution in [3.05, 3.63) is 22.2 Å². The Kier molecular flexibility index (Phi) is 1.77. The van der Waals surface area contributed by atoms with Crippen molar-refractivity contribution in [3.63, 3.8) is 0 Å². The van der Waals surface area contributed by atoms with Gasteiger partial charge in [-0.25, -0.2) is 4.79 Å². The van der Waals surface area contributed by atoms with Crippen molar-refractivity contribution in [1.82, 2.24) is 5.43 Å². The second-order valence-electron chi connectivity index (χ2n) is 2.42. The lowest BCUT2D eigenvalue weighted by Gasteiger charge is -1.99. The standard InChI is InChI=1S/C7H3BrN3O2/c8-4-1-3(7(12)13)2-5-6(4)10-11-9-5/h1-2H,(H,12,13). The summed E-state index contributed by atoms with van der Waals surface area (Å²) in [5.41, 5.74) is 4.94. The van der Waals surface area contributed by atoms with Crippen LogP contribution in [0.4, 0.5) is 11.4 Å². The first-order valence-corrected chi connectivity index (χ1v) is 4.16. The third-order valence-electron chi connectivity index (χ3n) is 1.59. The maximum atomic E-state index is 10.6. The molecule has 6 heteroatoms. The fourth-order valence-electron chi connectivity index (χ4n) is 0.999. The van der Waals surface area contributed by atoms with E-state index < -0.39 is 5.97 Å². The van der Waals surface area contributed by atoms with Gasteiger partial charge in [-0.2, -0.15) is 0 Å². The largest absolute Gasteiger partial charge is 0.478 e. The highest BCUT2D eigenvalue weighted by Crippen LogP contribution is 2.38. The molecule has 1 heterocycles. The molecule has 13 heavy (non-hydrogen) atoms. The number of fused-ring (bicyclic) bond motifs is 1. The normalized spacial score (nSPS) is 12.4. The van der Waals surface area contributed by atoms with Crippen molar-refractivity contribution in [2.75, 3.05) is 0 Å². The van der Waals surface area contributed by atoms with Gasteiger partial charge in [0.15, 0.2) is 0 Å². The topological polar surface area (TPSA) is 76.1 Å². The summed E-state index contributed by atoms with van der Waals surface area (Å²) in [6, 6.07) is 2.91. The zero-order valence-electron chi connectivity index (χ0n) is 6.23. The van der Waals surface area contributed by atoms with Crippen molar-refractivity contribution in [2.45, 2.75) is 0 Å². The van der Waals surface area contributed by atoms with Crippen molar-refractivity contribution in [2.24, 2.45) is 10.3 Å². The van der Waals surface area contributed by atoms with Gasteiger partial charge in [-0.15, -0.1) is 10.5 Å². The molecule has 2 rings (SSSR count). The average molecular weight is 241 g/mol. The van der Waals surface area contributed by atoms with Crippen LogP contribution >= 0.6 is 15.9 Å². The second-order valence-corrected chi connectivity index (χ2v) is 3.27. The number of rotatable bonds is 1. The highest BCUT2D eigenvalue weighted by molar-refractivity contribution is 9.10. The molecule has 0 amide bonds. The lowest BCUT2D eigenvalue weighted by molar-refractivity contribution is 0.0697. The van der Waals surface area contributed by atoms with Crippen LogP contribution in [0.5, 0.6) is 0 Å². The molecule has 5 nitrogen and oxygen atoms in total. The minimum absolute atomic E-state index is 0.168. The highest BCUT2D eigenvalue weighted by atomic mass is 79.9. The zero-order chi connectivity index (χ0) is 9.42. The Bertz CT molecular complexity index is 416. The molecule has 0 aliphatic carbocycles. The molecule has 0 fully saturated rings. The predicted octanol–water partition coefficient (Wildman–Crippen LogP) is 2.40. The third-order valence-corrected chi connectivity index (χ3v) is 2.19. The summed E-state index contributed by atoms with van der Waals surface area (Å²) in [6.45, 7) is 0. The van der Waals surface area contributed by atoms with Crippen LogP contribution in [0.3, 0.4) is 0 Å². The van der Waals surface area contributed by atoms with Crippen LogP contribution in [-0.4, -0.2) is 11.1 Å². The molecular weight excluding hydrogens is 238 g/mol. The highest BCUT2D eigenvalue weighted by Gasteiger charge is 2.17. The molecular formula is C7H3BrN3O2. The van der Waals surface area contributed by atoms with E-state index in [-0.39, 0.29) is 5.56 Å². The lowest BCUT2D eigenvalue weighted by atomic mass is 10.2. The Morgan fingerprint density at radius 3 is 2.92 bits per heavy atom. The van der Waals surface area contributed by atoms with Gasteiger partial charge in [0.2, 0.25) is 0 Å². The Morgan fingerprint density at radius 2 is 2.23 bits per heavy atom. The number of benzene rings is 1. The summed E-state index contributed by atoms with van der Waals surface area (Å²) in [7, 11) is 0. The number of carboxylic acid groups (broad SMARTS) is 1. The van der Waals surface area contributed by atoms with Crippen molar-refractivity contribution in [3.8, 4) is 0 Å². The fourth-order valence-corrected chi connectivity index (χ4v) is 1.53. The molecule has 1 N–H and O–H groups in total. The zero-order valence-corrected chi connectivity index (χ0v) is 7.82. The molecule has 1 aliphatic rings. The summed E-state index contributed by atoms with van der Waals surface area (Å²) in [5.74, 6) is -0.995. The van der Waals surface area contributed by atoms with Gasteiger partial charge in [-0.3, -0.25) is 0 Å². The summed E-state index contributed by atoms with van der Waals surface area (Å²) in [4.78, 5) is 10.6. The van der Waals surface area contributed by atoms with Crippen LogP contribution in [0.15, 0.2) is 26.9 Å². The van der Waals surface area contributed by atoms with E-state index in [0.29, 0.717) is 15.8 Å². The molecule has 1 aromatic carbocycles. The smallest absolute Gasteiger partial charge is 0.335 e. The molecule has 0 saturated carbocycles. The molecule has 65 valence electrons. The van der Waals surface area contributed by atoms with E-state index in [1.54, 1.807) is 0 Å². The van der Waals surface area contributed by atoms with Gasteiger partial charge in [0, 0.05) is 4.47 Å². The Balaban J connectivity index is 2.60. The van der Waals surface area contributed by atoms with Crippen LogP contribution in [0.25, 0.3) is 0 Å². The maximum Gasteiger partial charge on any atom is 0.335 e. The SMILES string of the molecule is O=C(O)c1cc(Br)c2c(c1)N=N[N]2. The number of halogens is 1. The van der Waals surface area contributed by atoms with Gasteiger partial charge in [-0.1, -0.05) is 0 Å². The van der Waals surface area contributed by atoms with Gasteiger partial charge in [0.1, 0.15) is 11.4 Å². The van der Waals surface area contributed by atoms with Gasteiger partial charge < -0.3 is 5.11 Å². The van der Waals surface area contributed by atoms with E-state index in [9.17, 15) is 4.79 Å². The number of aromatic carboxylic acids is 1. The van der Waals surface area contributed by atoms with E-state index in [0.717, 1.165) is 0 Å². The first-order chi connectivity index (χ1) is 6.18. The fraction of sp³-hybridized carbons (Fsp3) is 0. The van der Waals surface area contributed by atoms with Gasteiger partial charge in [-0.05, 0) is 33.3 Å². The van der Waals surface area contributed by atoms with Crippen LogP contribution in [0.1, 0.15) is 10.4 Å². The second kappa shape index (κ2) is 2.81. The summed E-state index contributed by atoms with van der Waals surface area (Å²) in [5, 5.41) is 15.8.